The Balaban J connectivity index is 2.42. The summed E-state index contributed by atoms with van der Waals surface area (Å²) in [6.07, 6.45) is 1.89. The van der Waals surface area contributed by atoms with Gasteiger partial charge in [0.05, 0.1) is 5.52 Å². The summed E-state index contributed by atoms with van der Waals surface area (Å²) in [4.78, 5) is 6.65. The molecule has 0 spiro atoms. The van der Waals surface area contributed by atoms with E-state index in [0.29, 0.717) is 0 Å². The molecule has 2 nitrogen and oxygen atoms in total. The SMILES string of the molecule is CCN(C)Cc1ccnc2ccccc12. The van der Waals surface area contributed by atoms with Crippen molar-refractivity contribution in [2.24, 2.45) is 0 Å². The van der Waals surface area contributed by atoms with E-state index in [1.54, 1.807) is 0 Å². The highest BCUT2D eigenvalue weighted by Gasteiger charge is 2.02. The Morgan fingerprint density at radius 2 is 2.00 bits per heavy atom. The summed E-state index contributed by atoms with van der Waals surface area (Å²) in [5.41, 5.74) is 2.43. The summed E-state index contributed by atoms with van der Waals surface area (Å²) in [6.45, 7) is 4.22. The van der Waals surface area contributed by atoms with Crippen LogP contribution in [0, 0.1) is 0 Å². The van der Waals surface area contributed by atoms with E-state index in [1.165, 1.54) is 10.9 Å². The smallest absolute Gasteiger partial charge is 0.0705 e. The Labute approximate surface area is 90.6 Å². The molecule has 0 saturated carbocycles. The van der Waals surface area contributed by atoms with Crippen molar-refractivity contribution in [1.29, 1.82) is 0 Å². The Morgan fingerprint density at radius 3 is 2.80 bits per heavy atom. The highest BCUT2D eigenvalue weighted by molar-refractivity contribution is 5.81. The highest BCUT2D eigenvalue weighted by atomic mass is 15.1. The van der Waals surface area contributed by atoms with Gasteiger partial charge in [0.25, 0.3) is 0 Å². The zero-order chi connectivity index (χ0) is 10.7. The van der Waals surface area contributed by atoms with Crippen LogP contribution in [0.1, 0.15) is 12.5 Å². The van der Waals surface area contributed by atoms with E-state index < -0.39 is 0 Å². The average molecular weight is 200 g/mol. The summed E-state index contributed by atoms with van der Waals surface area (Å²) >= 11 is 0. The van der Waals surface area contributed by atoms with Crippen molar-refractivity contribution < 1.29 is 0 Å². The van der Waals surface area contributed by atoms with E-state index >= 15 is 0 Å². The van der Waals surface area contributed by atoms with Crippen LogP contribution in [0.25, 0.3) is 10.9 Å². The molecule has 0 aliphatic heterocycles. The number of para-hydroxylation sites is 1. The van der Waals surface area contributed by atoms with Gasteiger partial charge in [-0.3, -0.25) is 4.98 Å². The van der Waals surface area contributed by atoms with Crippen LogP contribution in [0.15, 0.2) is 36.5 Å². The monoisotopic (exact) mass is 200 g/mol. The average Bonchev–Trinajstić information content (AvgIpc) is 2.29. The molecular weight excluding hydrogens is 184 g/mol. The molecule has 0 atom stereocenters. The number of aromatic nitrogens is 1. The van der Waals surface area contributed by atoms with Gasteiger partial charge >= 0.3 is 0 Å². The highest BCUT2D eigenvalue weighted by Crippen LogP contribution is 2.17. The van der Waals surface area contributed by atoms with Gasteiger partial charge in [-0.05, 0) is 31.3 Å². The van der Waals surface area contributed by atoms with Gasteiger partial charge in [0.15, 0.2) is 0 Å². The lowest BCUT2D eigenvalue weighted by Crippen LogP contribution is -2.16. The zero-order valence-corrected chi connectivity index (χ0v) is 9.27. The van der Waals surface area contributed by atoms with Gasteiger partial charge in [0.2, 0.25) is 0 Å². The molecule has 1 heterocycles. The Kier molecular flexibility index (Phi) is 2.97. The molecule has 78 valence electrons. The van der Waals surface area contributed by atoms with Crippen LogP contribution in [0.5, 0.6) is 0 Å². The van der Waals surface area contributed by atoms with Crippen molar-refractivity contribution in [3.63, 3.8) is 0 Å². The number of hydrogen-bond acceptors (Lipinski definition) is 2. The molecule has 0 aliphatic rings. The second-order valence-electron chi connectivity index (χ2n) is 3.82. The van der Waals surface area contributed by atoms with Crippen LogP contribution in [-0.4, -0.2) is 23.5 Å². The molecule has 0 radical (unpaired) electrons. The van der Waals surface area contributed by atoms with Crippen molar-refractivity contribution in [3.8, 4) is 0 Å². The fourth-order valence-corrected chi connectivity index (χ4v) is 1.70. The van der Waals surface area contributed by atoms with Crippen LogP contribution < -0.4 is 0 Å². The summed E-state index contributed by atoms with van der Waals surface area (Å²) in [7, 11) is 2.13. The van der Waals surface area contributed by atoms with E-state index in [-0.39, 0.29) is 0 Å². The molecule has 1 aromatic heterocycles. The minimum Gasteiger partial charge on any atom is -0.302 e. The number of nitrogens with zero attached hydrogens (tertiary/aromatic N) is 2. The molecule has 0 fully saturated rings. The van der Waals surface area contributed by atoms with E-state index in [1.807, 2.05) is 12.3 Å². The standard InChI is InChI=1S/C13H16N2/c1-3-15(2)10-11-8-9-14-13-7-5-4-6-12(11)13/h4-9H,3,10H2,1-2H3. The van der Waals surface area contributed by atoms with Crippen molar-refractivity contribution in [3.05, 3.63) is 42.1 Å². The summed E-state index contributed by atoms with van der Waals surface area (Å²) in [5.74, 6) is 0. The minimum atomic E-state index is 0.986. The normalized spacial score (nSPS) is 11.1. The Bertz CT molecular complexity index is 446. The molecule has 0 bridgehead atoms. The largest absolute Gasteiger partial charge is 0.302 e. The fourth-order valence-electron chi connectivity index (χ4n) is 1.70. The van der Waals surface area contributed by atoms with E-state index in [0.717, 1.165) is 18.6 Å². The van der Waals surface area contributed by atoms with Gasteiger partial charge in [-0.2, -0.15) is 0 Å². The maximum Gasteiger partial charge on any atom is 0.0705 e. The third-order valence-electron chi connectivity index (χ3n) is 2.72. The molecule has 1 aromatic carbocycles. The predicted molar refractivity (Wildman–Crippen MR) is 63.8 cm³/mol. The molecule has 2 aromatic rings. The molecule has 2 rings (SSSR count). The minimum absolute atomic E-state index is 0.986. The van der Waals surface area contributed by atoms with Gasteiger partial charge in [-0.25, -0.2) is 0 Å². The predicted octanol–water partition coefficient (Wildman–Crippen LogP) is 2.69. The van der Waals surface area contributed by atoms with Crippen molar-refractivity contribution in [2.45, 2.75) is 13.5 Å². The van der Waals surface area contributed by atoms with Gasteiger partial charge < -0.3 is 4.90 Å². The van der Waals surface area contributed by atoms with Crippen LogP contribution in [-0.2, 0) is 6.54 Å². The van der Waals surface area contributed by atoms with Gasteiger partial charge in [0, 0.05) is 18.1 Å². The maximum absolute atomic E-state index is 4.36. The van der Waals surface area contributed by atoms with Gasteiger partial charge in [-0.15, -0.1) is 0 Å². The van der Waals surface area contributed by atoms with Gasteiger partial charge in [-0.1, -0.05) is 25.1 Å². The topological polar surface area (TPSA) is 16.1 Å². The molecule has 0 N–H and O–H groups in total. The first-order chi connectivity index (χ1) is 7.31. The lowest BCUT2D eigenvalue weighted by atomic mass is 10.1. The molecule has 0 unspecified atom stereocenters. The quantitative estimate of drug-likeness (QED) is 0.757. The summed E-state index contributed by atoms with van der Waals surface area (Å²) in [6, 6.07) is 10.4. The molecule has 0 aliphatic carbocycles. The van der Waals surface area contributed by atoms with Crippen molar-refractivity contribution in [1.82, 2.24) is 9.88 Å². The fraction of sp³-hybridized carbons (Fsp3) is 0.308. The molecular formula is C13H16N2. The van der Waals surface area contributed by atoms with Crippen molar-refractivity contribution in [2.75, 3.05) is 13.6 Å². The van der Waals surface area contributed by atoms with E-state index in [2.05, 4.69) is 48.1 Å². The number of pyridine rings is 1. The third kappa shape index (κ3) is 2.16. The van der Waals surface area contributed by atoms with Crippen LogP contribution in [0.4, 0.5) is 0 Å². The maximum atomic E-state index is 4.36. The molecule has 2 heteroatoms. The second kappa shape index (κ2) is 4.41. The first kappa shape index (κ1) is 10.1. The summed E-state index contributed by atoms with van der Waals surface area (Å²) < 4.78 is 0. The second-order valence-corrected chi connectivity index (χ2v) is 3.82. The first-order valence-electron chi connectivity index (χ1n) is 5.32. The lowest BCUT2D eigenvalue weighted by molar-refractivity contribution is 0.347. The van der Waals surface area contributed by atoms with Gasteiger partial charge in [0.1, 0.15) is 0 Å². The number of rotatable bonds is 3. The number of fused-ring (bicyclic) bond motifs is 1. The molecule has 15 heavy (non-hydrogen) atoms. The van der Waals surface area contributed by atoms with Crippen molar-refractivity contribution >= 4 is 10.9 Å². The number of benzene rings is 1. The molecule has 0 saturated heterocycles. The van der Waals surface area contributed by atoms with E-state index in [9.17, 15) is 0 Å². The zero-order valence-electron chi connectivity index (χ0n) is 9.27. The van der Waals surface area contributed by atoms with Crippen LogP contribution >= 0.6 is 0 Å². The third-order valence-corrected chi connectivity index (χ3v) is 2.72. The first-order valence-corrected chi connectivity index (χ1v) is 5.32. The Hall–Kier alpha value is -1.41. The van der Waals surface area contributed by atoms with E-state index in [4.69, 9.17) is 0 Å². The van der Waals surface area contributed by atoms with Crippen LogP contribution in [0.2, 0.25) is 0 Å². The Morgan fingerprint density at radius 1 is 1.20 bits per heavy atom. The number of hydrogen-bond donors (Lipinski definition) is 0. The van der Waals surface area contributed by atoms with Crippen LogP contribution in [0.3, 0.4) is 0 Å². The molecule has 0 amide bonds. The summed E-state index contributed by atoms with van der Waals surface area (Å²) in [5, 5.41) is 1.26. The lowest BCUT2D eigenvalue weighted by Gasteiger charge is -2.15.